The van der Waals surface area contributed by atoms with Crippen LogP contribution in [0.4, 0.5) is 5.00 Å². The van der Waals surface area contributed by atoms with Crippen LogP contribution in [0.5, 0.6) is 0 Å². The zero-order valence-electron chi connectivity index (χ0n) is 16.3. The number of anilines is 1. The first kappa shape index (κ1) is 20.5. The second kappa shape index (κ2) is 8.86. The van der Waals surface area contributed by atoms with Crippen LogP contribution in [0.25, 0.3) is 0 Å². The molecule has 1 heterocycles. The molecule has 28 heavy (non-hydrogen) atoms. The van der Waals surface area contributed by atoms with Crippen LogP contribution in [0.1, 0.15) is 33.4 Å². The zero-order valence-corrected chi connectivity index (χ0v) is 17.8. The molecule has 1 aromatic heterocycles. The fraction of sp³-hybridized carbons (Fsp3) is 0.273. The van der Waals surface area contributed by atoms with Gasteiger partial charge in [0.2, 0.25) is 5.91 Å². The number of carbonyl (C=O) groups excluding carboxylic acids is 1. The average molecular weight is 414 g/mol. The van der Waals surface area contributed by atoms with E-state index in [-0.39, 0.29) is 5.91 Å². The van der Waals surface area contributed by atoms with Gasteiger partial charge >= 0.3 is 0 Å². The standard InChI is InChI=1S/C22H24ClN3OS/c1-14-4-6-17(7-5-14)12-13-26(22-15(2)25-16(3)28-22)21(27)20(24)18-8-10-19(23)11-9-18/h4-11,20H,12-13,24H2,1-3H3. The lowest BCUT2D eigenvalue weighted by Gasteiger charge is -2.25. The van der Waals surface area contributed by atoms with Crippen LogP contribution in [-0.2, 0) is 11.2 Å². The topological polar surface area (TPSA) is 59.2 Å². The predicted octanol–water partition coefficient (Wildman–Crippen LogP) is 5.00. The first-order chi connectivity index (χ1) is 13.3. The summed E-state index contributed by atoms with van der Waals surface area (Å²) < 4.78 is 0. The third kappa shape index (κ3) is 4.79. The number of aryl methyl sites for hydroxylation is 3. The van der Waals surface area contributed by atoms with Crippen molar-refractivity contribution < 1.29 is 4.79 Å². The van der Waals surface area contributed by atoms with Crippen LogP contribution in [0.3, 0.4) is 0 Å². The molecule has 0 aliphatic heterocycles. The maximum absolute atomic E-state index is 13.3. The Kier molecular flexibility index (Phi) is 6.50. The van der Waals surface area contributed by atoms with Gasteiger partial charge in [-0.3, -0.25) is 4.79 Å². The number of hydrogen-bond acceptors (Lipinski definition) is 4. The molecule has 0 saturated heterocycles. The van der Waals surface area contributed by atoms with Gasteiger partial charge in [0.15, 0.2) is 0 Å². The molecule has 0 bridgehead atoms. The van der Waals surface area contributed by atoms with Gasteiger partial charge in [0.05, 0.1) is 10.7 Å². The van der Waals surface area contributed by atoms with Gasteiger partial charge in [0.1, 0.15) is 11.0 Å². The summed E-state index contributed by atoms with van der Waals surface area (Å²) in [7, 11) is 0. The van der Waals surface area contributed by atoms with E-state index in [0.717, 1.165) is 27.7 Å². The van der Waals surface area contributed by atoms with Crippen molar-refractivity contribution >= 4 is 33.8 Å². The number of aromatic nitrogens is 1. The Morgan fingerprint density at radius 2 is 1.75 bits per heavy atom. The number of rotatable bonds is 6. The van der Waals surface area contributed by atoms with Crippen LogP contribution < -0.4 is 10.6 Å². The maximum atomic E-state index is 13.3. The first-order valence-corrected chi connectivity index (χ1v) is 10.4. The van der Waals surface area contributed by atoms with Crippen LogP contribution in [0.2, 0.25) is 5.02 Å². The molecule has 2 N–H and O–H groups in total. The molecule has 1 atom stereocenters. The van der Waals surface area contributed by atoms with Gasteiger partial charge in [-0.1, -0.05) is 53.6 Å². The minimum absolute atomic E-state index is 0.138. The lowest BCUT2D eigenvalue weighted by Crippen LogP contribution is -2.40. The second-order valence-corrected chi connectivity index (χ2v) is 8.50. The predicted molar refractivity (Wildman–Crippen MR) is 117 cm³/mol. The molecule has 0 saturated carbocycles. The number of carbonyl (C=O) groups is 1. The van der Waals surface area contributed by atoms with Crippen LogP contribution >= 0.6 is 22.9 Å². The highest BCUT2D eigenvalue weighted by molar-refractivity contribution is 7.16. The molecule has 4 nitrogen and oxygen atoms in total. The van der Waals surface area contributed by atoms with Gasteiger partial charge in [-0.25, -0.2) is 4.98 Å². The number of thiazole rings is 1. The van der Waals surface area contributed by atoms with E-state index in [0.29, 0.717) is 11.6 Å². The molecule has 0 spiro atoms. The Morgan fingerprint density at radius 3 is 2.32 bits per heavy atom. The Bertz CT molecular complexity index is 951. The molecule has 3 rings (SSSR count). The molecule has 0 fully saturated rings. The van der Waals surface area contributed by atoms with Crippen molar-refractivity contribution in [3.8, 4) is 0 Å². The molecule has 1 amide bonds. The fourth-order valence-electron chi connectivity index (χ4n) is 3.06. The Balaban J connectivity index is 1.86. The van der Waals surface area contributed by atoms with E-state index in [4.69, 9.17) is 17.3 Å². The van der Waals surface area contributed by atoms with Crippen molar-refractivity contribution in [2.75, 3.05) is 11.4 Å². The van der Waals surface area contributed by atoms with Gasteiger partial charge in [0.25, 0.3) is 0 Å². The Hall–Kier alpha value is -2.21. The van der Waals surface area contributed by atoms with Crippen LogP contribution in [0, 0.1) is 20.8 Å². The van der Waals surface area contributed by atoms with Gasteiger partial charge in [0, 0.05) is 11.6 Å². The second-order valence-electron chi connectivity index (χ2n) is 6.88. The largest absolute Gasteiger partial charge is 0.316 e. The average Bonchev–Trinajstić information content (AvgIpc) is 3.01. The summed E-state index contributed by atoms with van der Waals surface area (Å²) in [5.74, 6) is -0.138. The number of benzene rings is 2. The van der Waals surface area contributed by atoms with E-state index in [9.17, 15) is 4.79 Å². The summed E-state index contributed by atoms with van der Waals surface area (Å²) in [6, 6.07) is 14.7. The summed E-state index contributed by atoms with van der Waals surface area (Å²) in [6.45, 7) is 6.49. The number of hydrogen-bond donors (Lipinski definition) is 1. The van der Waals surface area contributed by atoms with Gasteiger partial charge < -0.3 is 10.6 Å². The number of amides is 1. The van der Waals surface area contributed by atoms with Crippen molar-refractivity contribution in [2.45, 2.75) is 33.2 Å². The highest BCUT2D eigenvalue weighted by Crippen LogP contribution is 2.30. The minimum Gasteiger partial charge on any atom is -0.316 e. The summed E-state index contributed by atoms with van der Waals surface area (Å²) in [5, 5.41) is 2.41. The summed E-state index contributed by atoms with van der Waals surface area (Å²) in [6.07, 6.45) is 0.746. The lowest BCUT2D eigenvalue weighted by molar-refractivity contribution is -0.119. The van der Waals surface area contributed by atoms with Crippen LogP contribution in [0.15, 0.2) is 48.5 Å². The van der Waals surface area contributed by atoms with E-state index in [1.807, 2.05) is 13.8 Å². The monoisotopic (exact) mass is 413 g/mol. The highest BCUT2D eigenvalue weighted by Gasteiger charge is 2.26. The molecule has 3 aromatic rings. The van der Waals surface area contributed by atoms with E-state index in [2.05, 4.69) is 36.2 Å². The van der Waals surface area contributed by atoms with E-state index < -0.39 is 6.04 Å². The molecule has 1 unspecified atom stereocenters. The molecule has 0 radical (unpaired) electrons. The molecule has 146 valence electrons. The highest BCUT2D eigenvalue weighted by atomic mass is 35.5. The molecule has 2 aromatic carbocycles. The molecular formula is C22H24ClN3OS. The van der Waals surface area contributed by atoms with Gasteiger partial charge in [-0.15, -0.1) is 11.3 Å². The normalized spacial score (nSPS) is 12.0. The smallest absolute Gasteiger partial charge is 0.249 e. The molecule has 0 aliphatic carbocycles. The third-order valence-corrected chi connectivity index (χ3v) is 5.98. The third-order valence-electron chi connectivity index (χ3n) is 4.63. The van der Waals surface area contributed by atoms with Crippen LogP contribution in [-0.4, -0.2) is 17.4 Å². The molecular weight excluding hydrogens is 390 g/mol. The fourth-order valence-corrected chi connectivity index (χ4v) is 4.13. The lowest BCUT2D eigenvalue weighted by atomic mass is 10.1. The van der Waals surface area contributed by atoms with Crippen molar-refractivity contribution in [3.63, 3.8) is 0 Å². The van der Waals surface area contributed by atoms with E-state index in [1.54, 1.807) is 29.2 Å². The van der Waals surface area contributed by atoms with Crippen molar-refractivity contribution in [1.29, 1.82) is 0 Å². The first-order valence-electron chi connectivity index (χ1n) is 9.17. The summed E-state index contributed by atoms with van der Waals surface area (Å²) >= 11 is 7.48. The molecule has 0 aliphatic rings. The van der Waals surface area contributed by atoms with Crippen molar-refractivity contribution in [3.05, 3.63) is 80.9 Å². The van der Waals surface area contributed by atoms with E-state index >= 15 is 0 Å². The Morgan fingerprint density at radius 1 is 1.11 bits per heavy atom. The SMILES string of the molecule is Cc1ccc(CCN(C(=O)C(N)c2ccc(Cl)cc2)c2sc(C)nc2C)cc1. The number of nitrogens with zero attached hydrogens (tertiary/aromatic N) is 2. The Labute approximate surface area is 175 Å². The number of halogens is 1. The number of nitrogens with two attached hydrogens (primary N) is 1. The quantitative estimate of drug-likeness (QED) is 0.618. The summed E-state index contributed by atoms with van der Waals surface area (Å²) in [4.78, 5) is 19.6. The summed E-state index contributed by atoms with van der Waals surface area (Å²) in [5.41, 5.74) is 10.3. The van der Waals surface area contributed by atoms with Gasteiger partial charge in [-0.05, 0) is 50.5 Å². The van der Waals surface area contributed by atoms with Crippen molar-refractivity contribution in [2.24, 2.45) is 5.73 Å². The minimum atomic E-state index is -0.753. The van der Waals surface area contributed by atoms with Gasteiger partial charge in [-0.2, -0.15) is 0 Å². The maximum Gasteiger partial charge on any atom is 0.249 e. The van der Waals surface area contributed by atoms with E-state index in [1.165, 1.54) is 22.5 Å². The van der Waals surface area contributed by atoms with Crippen molar-refractivity contribution in [1.82, 2.24) is 4.98 Å². The molecule has 6 heteroatoms. The zero-order chi connectivity index (χ0) is 20.3.